The molecule has 1 aromatic heterocycles. The fourth-order valence-corrected chi connectivity index (χ4v) is 1.73. The van der Waals surface area contributed by atoms with E-state index >= 15 is 0 Å². The van der Waals surface area contributed by atoms with Crippen LogP contribution in [0.1, 0.15) is 5.56 Å². The third-order valence-electron chi connectivity index (χ3n) is 2.50. The highest BCUT2D eigenvalue weighted by Crippen LogP contribution is 2.09. The van der Waals surface area contributed by atoms with Gasteiger partial charge in [0.15, 0.2) is 0 Å². The van der Waals surface area contributed by atoms with E-state index in [0.717, 1.165) is 5.56 Å². The van der Waals surface area contributed by atoms with Gasteiger partial charge in [-0.3, -0.25) is 0 Å². The molecule has 0 fully saturated rings. The molecule has 1 heterocycles. The molecule has 18 heavy (non-hydrogen) atoms. The average molecular weight is 264 g/mol. The van der Waals surface area contributed by atoms with Gasteiger partial charge in [-0.2, -0.15) is 0 Å². The number of aliphatic hydroxyl groups excluding tert-OH is 1. The SMILES string of the molecule is OCC(Cc1ccccc1)Nc1ncc(Cl)cn1. The van der Waals surface area contributed by atoms with E-state index in [9.17, 15) is 5.11 Å². The normalized spacial score (nSPS) is 12.1. The highest BCUT2D eigenvalue weighted by Gasteiger charge is 2.09. The van der Waals surface area contributed by atoms with Gasteiger partial charge in [0.05, 0.1) is 30.1 Å². The van der Waals surface area contributed by atoms with Gasteiger partial charge in [-0.15, -0.1) is 0 Å². The van der Waals surface area contributed by atoms with Crippen molar-refractivity contribution in [1.82, 2.24) is 9.97 Å². The summed E-state index contributed by atoms with van der Waals surface area (Å²) in [4.78, 5) is 8.08. The molecule has 0 saturated heterocycles. The van der Waals surface area contributed by atoms with Crippen LogP contribution in [-0.2, 0) is 6.42 Å². The molecule has 0 saturated carbocycles. The van der Waals surface area contributed by atoms with Crippen molar-refractivity contribution >= 4 is 17.5 Å². The van der Waals surface area contributed by atoms with Crippen LogP contribution in [0.5, 0.6) is 0 Å². The van der Waals surface area contributed by atoms with Gasteiger partial charge in [0.1, 0.15) is 0 Å². The van der Waals surface area contributed by atoms with Crippen molar-refractivity contribution in [3.05, 3.63) is 53.3 Å². The molecule has 5 heteroatoms. The summed E-state index contributed by atoms with van der Waals surface area (Å²) < 4.78 is 0. The summed E-state index contributed by atoms with van der Waals surface area (Å²) in [5, 5.41) is 12.9. The molecule has 0 bridgehead atoms. The van der Waals surface area contributed by atoms with Gasteiger partial charge in [0, 0.05) is 0 Å². The van der Waals surface area contributed by atoms with Crippen LogP contribution in [0.2, 0.25) is 5.02 Å². The van der Waals surface area contributed by atoms with Crippen LogP contribution in [0.25, 0.3) is 0 Å². The minimum absolute atomic E-state index is 0.0148. The monoisotopic (exact) mass is 263 g/mol. The second-order valence-corrected chi connectivity index (χ2v) is 4.37. The fraction of sp³-hybridized carbons (Fsp3) is 0.231. The number of hydrogen-bond donors (Lipinski definition) is 2. The summed E-state index contributed by atoms with van der Waals surface area (Å²) in [6.07, 6.45) is 3.75. The van der Waals surface area contributed by atoms with Crippen molar-refractivity contribution in [2.24, 2.45) is 0 Å². The molecule has 1 unspecified atom stereocenters. The Morgan fingerprint density at radius 1 is 1.17 bits per heavy atom. The molecule has 94 valence electrons. The Labute approximate surface area is 111 Å². The van der Waals surface area contributed by atoms with Crippen molar-refractivity contribution < 1.29 is 5.11 Å². The van der Waals surface area contributed by atoms with Crippen molar-refractivity contribution in [1.29, 1.82) is 0 Å². The second kappa shape index (κ2) is 6.33. The highest BCUT2D eigenvalue weighted by molar-refractivity contribution is 6.30. The number of nitrogens with one attached hydrogen (secondary N) is 1. The number of anilines is 1. The number of aromatic nitrogens is 2. The zero-order valence-corrected chi connectivity index (χ0v) is 10.5. The molecule has 2 aromatic rings. The Morgan fingerprint density at radius 3 is 2.44 bits per heavy atom. The topological polar surface area (TPSA) is 58.0 Å². The quantitative estimate of drug-likeness (QED) is 0.868. The van der Waals surface area contributed by atoms with Gasteiger partial charge >= 0.3 is 0 Å². The van der Waals surface area contributed by atoms with Gasteiger partial charge in [0.25, 0.3) is 0 Å². The van der Waals surface area contributed by atoms with Crippen LogP contribution >= 0.6 is 11.6 Å². The maximum Gasteiger partial charge on any atom is 0.222 e. The van der Waals surface area contributed by atoms with Gasteiger partial charge in [-0.1, -0.05) is 41.9 Å². The van der Waals surface area contributed by atoms with Crippen LogP contribution in [0.3, 0.4) is 0 Å². The van der Waals surface area contributed by atoms with Gasteiger partial charge in [0.2, 0.25) is 5.95 Å². The molecular weight excluding hydrogens is 250 g/mol. The van der Waals surface area contributed by atoms with Crippen LogP contribution in [0, 0.1) is 0 Å². The minimum Gasteiger partial charge on any atom is -0.394 e. The first kappa shape index (κ1) is 12.8. The average Bonchev–Trinajstić information content (AvgIpc) is 2.41. The molecule has 2 rings (SSSR count). The van der Waals surface area contributed by atoms with E-state index in [-0.39, 0.29) is 12.6 Å². The first-order valence-electron chi connectivity index (χ1n) is 5.67. The van der Waals surface area contributed by atoms with Gasteiger partial charge in [-0.25, -0.2) is 9.97 Å². The molecule has 0 aliphatic carbocycles. The lowest BCUT2D eigenvalue weighted by Gasteiger charge is -2.16. The summed E-state index contributed by atoms with van der Waals surface area (Å²) in [5.74, 6) is 0.467. The Bertz CT molecular complexity index is 475. The molecule has 0 radical (unpaired) electrons. The maximum absolute atomic E-state index is 9.36. The van der Waals surface area contributed by atoms with Crippen LogP contribution < -0.4 is 5.32 Å². The molecular formula is C13H14ClN3O. The maximum atomic E-state index is 9.36. The van der Waals surface area contributed by atoms with E-state index < -0.39 is 0 Å². The third kappa shape index (κ3) is 3.68. The lowest BCUT2D eigenvalue weighted by molar-refractivity contribution is 0.273. The first-order chi connectivity index (χ1) is 8.78. The summed E-state index contributed by atoms with van der Waals surface area (Å²) in [6, 6.07) is 9.84. The Morgan fingerprint density at radius 2 is 1.83 bits per heavy atom. The standard InChI is InChI=1S/C13H14ClN3O/c14-11-7-15-13(16-8-11)17-12(9-18)6-10-4-2-1-3-5-10/h1-5,7-8,12,18H,6,9H2,(H,15,16,17). The summed E-state index contributed by atoms with van der Waals surface area (Å²) in [5.41, 5.74) is 1.15. The van der Waals surface area contributed by atoms with Gasteiger partial charge in [-0.05, 0) is 12.0 Å². The van der Waals surface area contributed by atoms with Gasteiger partial charge < -0.3 is 10.4 Å². The molecule has 1 atom stereocenters. The van der Waals surface area contributed by atoms with Crippen molar-refractivity contribution in [2.45, 2.75) is 12.5 Å². The number of nitrogens with zero attached hydrogens (tertiary/aromatic N) is 2. The van der Waals surface area contributed by atoms with E-state index in [0.29, 0.717) is 17.4 Å². The van der Waals surface area contributed by atoms with E-state index in [1.54, 1.807) is 0 Å². The number of rotatable bonds is 5. The molecule has 2 N–H and O–H groups in total. The summed E-state index contributed by atoms with van der Waals surface area (Å²) >= 11 is 5.71. The van der Waals surface area contributed by atoms with Crippen LogP contribution in [-0.4, -0.2) is 27.7 Å². The van der Waals surface area contributed by atoms with Crippen LogP contribution in [0.15, 0.2) is 42.7 Å². The lowest BCUT2D eigenvalue weighted by Crippen LogP contribution is -2.27. The Hall–Kier alpha value is -1.65. The van der Waals surface area contributed by atoms with Crippen molar-refractivity contribution in [3.8, 4) is 0 Å². The highest BCUT2D eigenvalue weighted by atomic mass is 35.5. The molecule has 0 aliphatic rings. The Kier molecular flexibility index (Phi) is 4.50. The summed E-state index contributed by atoms with van der Waals surface area (Å²) in [6.45, 7) is 0.0148. The third-order valence-corrected chi connectivity index (χ3v) is 2.69. The first-order valence-corrected chi connectivity index (χ1v) is 6.04. The van der Waals surface area contributed by atoms with E-state index in [1.165, 1.54) is 12.4 Å². The van der Waals surface area contributed by atoms with Crippen molar-refractivity contribution in [2.75, 3.05) is 11.9 Å². The number of hydrogen-bond acceptors (Lipinski definition) is 4. The predicted octanol–water partition coefficient (Wildman–Crippen LogP) is 2.15. The smallest absolute Gasteiger partial charge is 0.222 e. The van der Waals surface area contributed by atoms with Crippen LogP contribution in [0.4, 0.5) is 5.95 Å². The predicted molar refractivity (Wildman–Crippen MR) is 71.7 cm³/mol. The number of halogens is 1. The number of aliphatic hydroxyl groups is 1. The zero-order valence-electron chi connectivity index (χ0n) is 9.75. The van der Waals surface area contributed by atoms with E-state index in [2.05, 4.69) is 15.3 Å². The Balaban J connectivity index is 1.99. The van der Waals surface area contributed by atoms with E-state index in [1.807, 2.05) is 30.3 Å². The molecule has 4 nitrogen and oxygen atoms in total. The van der Waals surface area contributed by atoms with E-state index in [4.69, 9.17) is 11.6 Å². The van der Waals surface area contributed by atoms with Crippen molar-refractivity contribution in [3.63, 3.8) is 0 Å². The molecule has 0 spiro atoms. The largest absolute Gasteiger partial charge is 0.394 e. The molecule has 0 amide bonds. The fourth-order valence-electron chi connectivity index (χ4n) is 1.63. The zero-order chi connectivity index (χ0) is 12.8. The molecule has 0 aliphatic heterocycles. The second-order valence-electron chi connectivity index (χ2n) is 3.94. The molecule has 1 aromatic carbocycles. The number of benzene rings is 1. The lowest BCUT2D eigenvalue weighted by atomic mass is 10.1. The minimum atomic E-state index is -0.117. The summed E-state index contributed by atoms with van der Waals surface area (Å²) in [7, 11) is 0.